The van der Waals surface area contributed by atoms with Crippen molar-refractivity contribution in [1.29, 1.82) is 0 Å². The molecule has 0 aliphatic carbocycles. The molecular weight excluding hydrogens is 170 g/mol. The van der Waals surface area contributed by atoms with Gasteiger partial charge < -0.3 is 18.1 Å². The van der Waals surface area contributed by atoms with Crippen LogP contribution < -0.4 is 18.1 Å². The summed E-state index contributed by atoms with van der Waals surface area (Å²) >= 11 is 0. The quantitative estimate of drug-likeness (QED) is 0.551. The molecule has 1 rings (SSSR count). The van der Waals surface area contributed by atoms with E-state index in [4.69, 9.17) is 0 Å². The first-order valence-corrected chi connectivity index (χ1v) is 3.93. The fourth-order valence-electron chi connectivity index (χ4n) is 1.33. The molecule has 68 valence electrons. The van der Waals surface area contributed by atoms with Crippen LogP contribution in [0.25, 0.3) is 0 Å². The lowest BCUT2D eigenvalue weighted by molar-refractivity contribution is -0.475. The van der Waals surface area contributed by atoms with Gasteiger partial charge in [-0.15, -0.1) is 0 Å². The summed E-state index contributed by atoms with van der Waals surface area (Å²) in [6.07, 6.45) is 0. The highest BCUT2D eigenvalue weighted by molar-refractivity contribution is 5.29. The van der Waals surface area contributed by atoms with E-state index in [1.54, 1.807) is 0 Å². The smallest absolute Gasteiger partial charge is 0.115 e. The average molecular weight is 186 g/mol. The summed E-state index contributed by atoms with van der Waals surface area (Å²) in [5.74, 6) is 0. The number of quaternary nitrogens is 1. The molecule has 0 aliphatic heterocycles. The lowest BCUT2D eigenvalue weighted by Crippen LogP contribution is -3.00. The summed E-state index contributed by atoms with van der Waals surface area (Å²) in [5.41, 5.74) is 6.79. The van der Waals surface area contributed by atoms with E-state index in [9.17, 15) is 0 Å². The summed E-state index contributed by atoms with van der Waals surface area (Å²) in [6.45, 7) is 6.40. The zero-order chi connectivity index (χ0) is 8.48. The Morgan fingerprint density at radius 3 is 2.00 bits per heavy atom. The predicted molar refractivity (Wildman–Crippen MR) is 47.1 cm³/mol. The van der Waals surface area contributed by atoms with Crippen LogP contribution in [0.1, 0.15) is 25.0 Å². The SMILES string of the molecule is Cc1ccccc1C(C)(C)[NH3+].[Cl-]. The zero-order valence-electron chi connectivity index (χ0n) is 7.89. The molecule has 0 bridgehead atoms. The standard InChI is InChI=1S/C10H15N.ClH/c1-8-6-4-5-7-9(8)10(2,3)11;/h4-7H,11H2,1-3H3;1H. The van der Waals surface area contributed by atoms with Crippen molar-refractivity contribution in [2.45, 2.75) is 26.3 Å². The Morgan fingerprint density at radius 1 is 1.17 bits per heavy atom. The molecule has 12 heavy (non-hydrogen) atoms. The Kier molecular flexibility index (Phi) is 3.75. The van der Waals surface area contributed by atoms with E-state index in [1.165, 1.54) is 11.1 Å². The highest BCUT2D eigenvalue weighted by atomic mass is 35.5. The fourth-order valence-corrected chi connectivity index (χ4v) is 1.33. The van der Waals surface area contributed by atoms with Gasteiger partial charge in [0, 0.05) is 5.56 Å². The molecule has 0 heterocycles. The summed E-state index contributed by atoms with van der Waals surface area (Å²) in [5, 5.41) is 0. The molecule has 0 atom stereocenters. The van der Waals surface area contributed by atoms with E-state index in [-0.39, 0.29) is 17.9 Å². The second-order valence-electron chi connectivity index (χ2n) is 3.70. The Bertz CT molecular complexity index is 250. The Labute approximate surface area is 80.4 Å². The predicted octanol–water partition coefficient (Wildman–Crippen LogP) is -1.52. The molecule has 1 aromatic carbocycles. The molecule has 0 amide bonds. The lowest BCUT2D eigenvalue weighted by atomic mass is 9.92. The molecule has 0 radical (unpaired) electrons. The molecule has 0 unspecified atom stereocenters. The molecule has 3 N–H and O–H groups in total. The van der Waals surface area contributed by atoms with Crippen LogP contribution in [0.15, 0.2) is 24.3 Å². The summed E-state index contributed by atoms with van der Waals surface area (Å²) in [6, 6.07) is 8.39. The first-order valence-electron chi connectivity index (χ1n) is 3.93. The molecule has 0 aliphatic rings. The minimum Gasteiger partial charge on any atom is -1.00 e. The van der Waals surface area contributed by atoms with Gasteiger partial charge in [-0.25, -0.2) is 0 Å². The van der Waals surface area contributed by atoms with E-state index < -0.39 is 0 Å². The van der Waals surface area contributed by atoms with Crippen molar-refractivity contribution in [1.82, 2.24) is 0 Å². The second kappa shape index (κ2) is 3.92. The van der Waals surface area contributed by atoms with Crippen molar-refractivity contribution in [3.63, 3.8) is 0 Å². The van der Waals surface area contributed by atoms with Gasteiger partial charge in [-0.05, 0) is 26.3 Å². The van der Waals surface area contributed by atoms with E-state index in [0.29, 0.717) is 0 Å². The molecule has 1 aromatic rings. The lowest BCUT2D eigenvalue weighted by Gasteiger charge is -2.17. The third-order valence-electron chi connectivity index (χ3n) is 1.87. The topological polar surface area (TPSA) is 27.6 Å². The van der Waals surface area contributed by atoms with Gasteiger partial charge in [-0.2, -0.15) is 0 Å². The van der Waals surface area contributed by atoms with Gasteiger partial charge in [0.1, 0.15) is 5.54 Å². The fraction of sp³-hybridized carbons (Fsp3) is 0.400. The molecule has 0 spiro atoms. The van der Waals surface area contributed by atoms with E-state index >= 15 is 0 Å². The summed E-state index contributed by atoms with van der Waals surface area (Å²) < 4.78 is 0. The van der Waals surface area contributed by atoms with Crippen LogP contribution in [0.5, 0.6) is 0 Å². The van der Waals surface area contributed by atoms with Gasteiger partial charge in [0.2, 0.25) is 0 Å². The van der Waals surface area contributed by atoms with Crippen molar-refractivity contribution in [3.8, 4) is 0 Å². The first-order chi connectivity index (χ1) is 5.02. The number of aryl methyl sites for hydroxylation is 1. The van der Waals surface area contributed by atoms with Gasteiger partial charge in [-0.1, -0.05) is 24.3 Å². The van der Waals surface area contributed by atoms with Gasteiger partial charge in [0.25, 0.3) is 0 Å². The summed E-state index contributed by atoms with van der Waals surface area (Å²) in [7, 11) is 0. The van der Waals surface area contributed by atoms with Crippen LogP contribution in [-0.4, -0.2) is 0 Å². The first kappa shape index (κ1) is 11.5. The van der Waals surface area contributed by atoms with Crippen LogP contribution >= 0.6 is 0 Å². The normalized spacial score (nSPS) is 10.7. The highest BCUT2D eigenvalue weighted by Gasteiger charge is 2.19. The number of rotatable bonds is 1. The third kappa shape index (κ3) is 2.50. The average Bonchev–Trinajstić information content (AvgIpc) is 1.86. The van der Waals surface area contributed by atoms with Gasteiger partial charge in [0.15, 0.2) is 0 Å². The Balaban J connectivity index is 0.00000121. The molecule has 1 nitrogen and oxygen atoms in total. The van der Waals surface area contributed by atoms with Crippen LogP contribution in [0.3, 0.4) is 0 Å². The van der Waals surface area contributed by atoms with E-state index in [0.717, 1.165) is 0 Å². The van der Waals surface area contributed by atoms with Crippen molar-refractivity contribution >= 4 is 0 Å². The highest BCUT2D eigenvalue weighted by Crippen LogP contribution is 2.17. The molecule has 0 fully saturated rings. The third-order valence-corrected chi connectivity index (χ3v) is 1.87. The molecular formula is C10H16ClN. The summed E-state index contributed by atoms with van der Waals surface area (Å²) in [4.78, 5) is 0. The molecule has 0 aromatic heterocycles. The van der Waals surface area contributed by atoms with Gasteiger partial charge in [-0.3, -0.25) is 0 Å². The zero-order valence-corrected chi connectivity index (χ0v) is 8.65. The van der Waals surface area contributed by atoms with Crippen LogP contribution in [0.4, 0.5) is 0 Å². The van der Waals surface area contributed by atoms with E-state index in [1.807, 2.05) is 0 Å². The van der Waals surface area contributed by atoms with Gasteiger partial charge in [0.05, 0.1) is 0 Å². The Morgan fingerprint density at radius 2 is 1.67 bits per heavy atom. The number of benzene rings is 1. The molecule has 2 heteroatoms. The number of hydrogen-bond acceptors (Lipinski definition) is 0. The van der Waals surface area contributed by atoms with Crippen molar-refractivity contribution < 1.29 is 18.1 Å². The van der Waals surface area contributed by atoms with Crippen LogP contribution in [-0.2, 0) is 5.54 Å². The van der Waals surface area contributed by atoms with E-state index in [2.05, 4.69) is 50.8 Å². The maximum atomic E-state index is 4.10. The maximum Gasteiger partial charge on any atom is 0.115 e. The van der Waals surface area contributed by atoms with Crippen LogP contribution in [0, 0.1) is 6.92 Å². The monoisotopic (exact) mass is 185 g/mol. The molecule has 0 saturated heterocycles. The van der Waals surface area contributed by atoms with Crippen molar-refractivity contribution in [2.24, 2.45) is 0 Å². The van der Waals surface area contributed by atoms with Crippen molar-refractivity contribution in [3.05, 3.63) is 35.4 Å². The largest absolute Gasteiger partial charge is 1.00 e. The number of halogens is 1. The Hall–Kier alpha value is -0.530. The van der Waals surface area contributed by atoms with Crippen LogP contribution in [0.2, 0.25) is 0 Å². The molecule has 0 saturated carbocycles. The number of hydrogen-bond donors (Lipinski definition) is 1. The maximum absolute atomic E-state index is 4.10. The van der Waals surface area contributed by atoms with Crippen molar-refractivity contribution in [2.75, 3.05) is 0 Å². The van der Waals surface area contributed by atoms with Gasteiger partial charge >= 0.3 is 0 Å². The second-order valence-corrected chi connectivity index (χ2v) is 3.70. The minimum absolute atomic E-state index is 0. The minimum atomic E-state index is 0.